The van der Waals surface area contributed by atoms with Gasteiger partial charge in [-0.25, -0.2) is 0 Å². The number of carbonyl (C=O) groups excluding carboxylic acids is 2. The second-order valence-electron chi connectivity index (χ2n) is 5.49. The molecule has 2 aliphatic heterocycles. The van der Waals surface area contributed by atoms with Gasteiger partial charge in [-0.05, 0) is 25.7 Å². The highest BCUT2D eigenvalue weighted by Gasteiger charge is 2.53. The van der Waals surface area contributed by atoms with Crippen LogP contribution in [0.15, 0.2) is 0 Å². The molecule has 0 aromatic heterocycles. The van der Waals surface area contributed by atoms with Crippen LogP contribution in [0.1, 0.15) is 39.5 Å². The second-order valence-corrected chi connectivity index (χ2v) is 5.49. The molecule has 2 bridgehead atoms. The first-order chi connectivity index (χ1) is 9.10. The van der Waals surface area contributed by atoms with Gasteiger partial charge in [0.2, 0.25) is 5.91 Å². The molecule has 5 heteroatoms. The first-order valence-electron chi connectivity index (χ1n) is 7.25. The molecule has 0 radical (unpaired) electrons. The van der Waals surface area contributed by atoms with Crippen molar-refractivity contribution in [1.29, 1.82) is 0 Å². The molecule has 4 atom stereocenters. The molecule has 0 aromatic carbocycles. The van der Waals surface area contributed by atoms with Gasteiger partial charge in [0, 0.05) is 25.0 Å². The summed E-state index contributed by atoms with van der Waals surface area (Å²) in [7, 11) is 0. The van der Waals surface area contributed by atoms with Gasteiger partial charge in [-0.1, -0.05) is 13.8 Å². The van der Waals surface area contributed by atoms with Gasteiger partial charge in [0.25, 0.3) is 0 Å². The predicted octanol–water partition coefficient (Wildman–Crippen LogP) is 0.179. The fourth-order valence-corrected chi connectivity index (χ4v) is 3.37. The first-order valence-corrected chi connectivity index (χ1v) is 7.25. The zero-order chi connectivity index (χ0) is 14.0. The third-order valence-corrected chi connectivity index (χ3v) is 4.13. The van der Waals surface area contributed by atoms with Crippen molar-refractivity contribution in [2.24, 2.45) is 11.8 Å². The van der Waals surface area contributed by atoms with Crippen LogP contribution < -0.4 is 5.11 Å². The zero-order valence-corrected chi connectivity index (χ0v) is 11.6. The molecule has 108 valence electrons. The Balaban J connectivity index is 2.13. The van der Waals surface area contributed by atoms with E-state index in [1.807, 2.05) is 13.8 Å². The molecule has 0 saturated carbocycles. The van der Waals surface area contributed by atoms with E-state index >= 15 is 0 Å². The normalized spacial score (nSPS) is 32.5. The van der Waals surface area contributed by atoms with E-state index in [0.717, 1.165) is 25.7 Å². The maximum atomic E-state index is 12.6. The Kier molecular flexibility index (Phi) is 4.45. The monoisotopic (exact) mass is 268 g/mol. The number of aliphatic carboxylic acids is 1. The van der Waals surface area contributed by atoms with Crippen LogP contribution in [0.25, 0.3) is 0 Å². The number of carboxylic acids is 1. The van der Waals surface area contributed by atoms with E-state index in [1.54, 1.807) is 4.90 Å². The molecule has 2 heterocycles. The number of carbonyl (C=O) groups is 2. The van der Waals surface area contributed by atoms with E-state index in [-0.39, 0.29) is 18.1 Å². The molecule has 0 aliphatic carbocycles. The molecule has 0 N–H and O–H groups in total. The van der Waals surface area contributed by atoms with Crippen molar-refractivity contribution < 1.29 is 19.4 Å². The summed E-state index contributed by atoms with van der Waals surface area (Å²) in [6.45, 7) is 5.40. The van der Waals surface area contributed by atoms with Crippen LogP contribution in [0.5, 0.6) is 0 Å². The molecule has 19 heavy (non-hydrogen) atoms. The number of nitrogens with zero attached hydrogens (tertiary/aromatic N) is 1. The minimum atomic E-state index is -1.14. The van der Waals surface area contributed by atoms with E-state index in [1.165, 1.54) is 0 Å². The lowest BCUT2D eigenvalue weighted by Crippen LogP contribution is -2.49. The molecule has 0 spiro atoms. The molecule has 0 aromatic rings. The van der Waals surface area contributed by atoms with Crippen molar-refractivity contribution in [2.45, 2.75) is 51.7 Å². The maximum absolute atomic E-state index is 12.6. The summed E-state index contributed by atoms with van der Waals surface area (Å²) < 4.78 is 5.62. The maximum Gasteiger partial charge on any atom is 0.229 e. The van der Waals surface area contributed by atoms with E-state index in [2.05, 4.69) is 0 Å². The van der Waals surface area contributed by atoms with Crippen LogP contribution in [-0.4, -0.2) is 42.1 Å². The number of ether oxygens (including phenoxy) is 1. The van der Waals surface area contributed by atoms with E-state index in [0.29, 0.717) is 13.1 Å². The second kappa shape index (κ2) is 5.90. The quantitative estimate of drug-likeness (QED) is 0.689. The summed E-state index contributed by atoms with van der Waals surface area (Å²) in [5.41, 5.74) is 0. The average Bonchev–Trinajstić information content (AvgIpc) is 2.97. The Hall–Kier alpha value is -1.10. The highest BCUT2D eigenvalue weighted by atomic mass is 16.5. The molecular formula is C14H22NO4-. The van der Waals surface area contributed by atoms with Crippen LogP contribution in [0.2, 0.25) is 0 Å². The molecule has 2 rings (SSSR count). The smallest absolute Gasteiger partial charge is 0.229 e. The number of hydrogen-bond donors (Lipinski definition) is 0. The van der Waals surface area contributed by atoms with Crippen molar-refractivity contribution in [2.75, 3.05) is 13.1 Å². The van der Waals surface area contributed by atoms with E-state index in [4.69, 9.17) is 4.74 Å². The lowest BCUT2D eigenvalue weighted by molar-refractivity contribution is -0.314. The van der Waals surface area contributed by atoms with Crippen molar-refractivity contribution in [3.05, 3.63) is 0 Å². The summed E-state index contributed by atoms with van der Waals surface area (Å²) >= 11 is 0. The van der Waals surface area contributed by atoms with Crippen LogP contribution in [0.3, 0.4) is 0 Å². The number of hydrogen-bond acceptors (Lipinski definition) is 4. The van der Waals surface area contributed by atoms with Gasteiger partial charge in [0.05, 0.1) is 18.1 Å². The molecule has 2 saturated heterocycles. The zero-order valence-electron chi connectivity index (χ0n) is 11.6. The van der Waals surface area contributed by atoms with Crippen molar-refractivity contribution in [1.82, 2.24) is 4.90 Å². The molecule has 2 fully saturated rings. The molecule has 1 amide bonds. The molecule has 0 unspecified atom stereocenters. The fourth-order valence-electron chi connectivity index (χ4n) is 3.37. The van der Waals surface area contributed by atoms with Gasteiger partial charge >= 0.3 is 0 Å². The highest BCUT2D eigenvalue weighted by Crippen LogP contribution is 2.44. The third kappa shape index (κ3) is 2.61. The minimum Gasteiger partial charge on any atom is -0.550 e. The Labute approximate surface area is 113 Å². The summed E-state index contributed by atoms with van der Waals surface area (Å²) in [6, 6.07) is 0. The van der Waals surface area contributed by atoms with Gasteiger partial charge < -0.3 is 19.5 Å². The third-order valence-electron chi connectivity index (χ3n) is 4.13. The van der Waals surface area contributed by atoms with Crippen LogP contribution in [0, 0.1) is 11.8 Å². The SMILES string of the molecule is CCCN(CCC)C(=O)[C@H]1[C@@H](C(=O)[O-])[C@H]2CC[C@@H]1O2. The Morgan fingerprint density at radius 3 is 2.11 bits per heavy atom. The first kappa shape index (κ1) is 14.3. The minimum absolute atomic E-state index is 0.0647. The lowest BCUT2D eigenvalue weighted by atomic mass is 9.78. The van der Waals surface area contributed by atoms with Gasteiger partial charge in [0.15, 0.2) is 0 Å². The van der Waals surface area contributed by atoms with Crippen LogP contribution in [0.4, 0.5) is 0 Å². The summed E-state index contributed by atoms with van der Waals surface area (Å²) in [5, 5.41) is 11.3. The lowest BCUT2D eigenvalue weighted by Gasteiger charge is -2.32. The number of carboxylic acid groups (broad SMARTS) is 1. The van der Waals surface area contributed by atoms with Crippen LogP contribution in [-0.2, 0) is 14.3 Å². The Morgan fingerprint density at radius 1 is 1.11 bits per heavy atom. The average molecular weight is 268 g/mol. The molecule has 5 nitrogen and oxygen atoms in total. The summed E-state index contributed by atoms with van der Waals surface area (Å²) in [4.78, 5) is 25.7. The van der Waals surface area contributed by atoms with E-state index in [9.17, 15) is 14.7 Å². The standard InChI is InChI=1S/C14H23NO4/c1-3-7-15(8-4-2)13(16)11-9-5-6-10(19-9)12(11)14(17)18/h9-12H,3-8H2,1-2H3,(H,17,18)/p-1/t9-,10+,11+,12-/m0/s1. The number of rotatable bonds is 6. The fraction of sp³-hybridized carbons (Fsp3) is 0.857. The van der Waals surface area contributed by atoms with Crippen LogP contribution >= 0.6 is 0 Å². The molecule has 2 aliphatic rings. The van der Waals surface area contributed by atoms with Gasteiger partial charge in [0.1, 0.15) is 0 Å². The predicted molar refractivity (Wildman–Crippen MR) is 67.0 cm³/mol. The number of fused-ring (bicyclic) bond motifs is 2. The van der Waals surface area contributed by atoms with Gasteiger partial charge in [-0.15, -0.1) is 0 Å². The Bertz CT molecular complexity index is 351. The topological polar surface area (TPSA) is 69.7 Å². The molecular weight excluding hydrogens is 246 g/mol. The summed E-state index contributed by atoms with van der Waals surface area (Å²) in [5.74, 6) is -2.51. The highest BCUT2D eigenvalue weighted by molar-refractivity contribution is 5.86. The number of amides is 1. The van der Waals surface area contributed by atoms with Crippen molar-refractivity contribution in [3.63, 3.8) is 0 Å². The van der Waals surface area contributed by atoms with Gasteiger partial charge in [-0.2, -0.15) is 0 Å². The summed E-state index contributed by atoms with van der Waals surface area (Å²) in [6.07, 6.45) is 2.73. The van der Waals surface area contributed by atoms with Crippen molar-refractivity contribution in [3.8, 4) is 0 Å². The Morgan fingerprint density at radius 2 is 1.63 bits per heavy atom. The van der Waals surface area contributed by atoms with Gasteiger partial charge in [-0.3, -0.25) is 4.79 Å². The largest absolute Gasteiger partial charge is 0.550 e. The van der Waals surface area contributed by atoms with E-state index < -0.39 is 17.8 Å². The van der Waals surface area contributed by atoms with Crippen molar-refractivity contribution >= 4 is 11.9 Å².